The Morgan fingerprint density at radius 2 is 2.24 bits per heavy atom. The van der Waals surface area contributed by atoms with E-state index in [1.165, 1.54) is 6.07 Å². The summed E-state index contributed by atoms with van der Waals surface area (Å²) in [7, 11) is 0. The van der Waals surface area contributed by atoms with Gasteiger partial charge in [-0.05, 0) is 18.9 Å². The number of benzene rings is 1. The summed E-state index contributed by atoms with van der Waals surface area (Å²) in [5, 5.41) is 16.9. The third-order valence-electron chi connectivity index (χ3n) is 2.59. The van der Waals surface area contributed by atoms with Gasteiger partial charge in [-0.15, -0.1) is 0 Å². The van der Waals surface area contributed by atoms with Crippen LogP contribution in [-0.4, -0.2) is 20.0 Å². The lowest BCUT2D eigenvalue weighted by Gasteiger charge is -2.02. The van der Waals surface area contributed by atoms with Gasteiger partial charge >= 0.3 is 0 Å². The molecule has 1 aromatic carbocycles. The van der Waals surface area contributed by atoms with Crippen molar-refractivity contribution >= 4 is 32.5 Å². The molecular weight excluding hydrogens is 286 g/mol. The van der Waals surface area contributed by atoms with Crippen LogP contribution in [0, 0.1) is 10.1 Å². The zero-order chi connectivity index (χ0) is 12.3. The van der Waals surface area contributed by atoms with Crippen LogP contribution in [0.4, 0.5) is 5.69 Å². The first-order chi connectivity index (χ1) is 8.22. The molecule has 1 heterocycles. The Bertz CT molecular complexity index is 538. The number of nitrogens with zero attached hydrogens (tertiary/aromatic N) is 3. The lowest BCUT2D eigenvalue weighted by atomic mass is 10.2. The Hall–Kier alpha value is -1.43. The number of non-ortho nitro benzene ring substituents is 1. The zero-order valence-electron chi connectivity index (χ0n) is 9.17. The van der Waals surface area contributed by atoms with Gasteiger partial charge in [0, 0.05) is 29.4 Å². The molecule has 0 saturated carbocycles. The van der Waals surface area contributed by atoms with Gasteiger partial charge in [0.2, 0.25) is 0 Å². The van der Waals surface area contributed by atoms with Crippen molar-refractivity contribution in [3.05, 3.63) is 34.5 Å². The molecule has 0 bridgehead atoms. The van der Waals surface area contributed by atoms with E-state index in [0.717, 1.165) is 35.6 Å². The van der Waals surface area contributed by atoms with E-state index in [9.17, 15) is 10.1 Å². The maximum atomic E-state index is 10.7. The number of hydrogen-bond acceptors (Lipinski definition) is 3. The smallest absolute Gasteiger partial charge is 0.265 e. The van der Waals surface area contributed by atoms with Crippen LogP contribution in [0.25, 0.3) is 10.9 Å². The van der Waals surface area contributed by atoms with Crippen LogP contribution in [0.2, 0.25) is 0 Å². The monoisotopic (exact) mass is 297 g/mol. The molecule has 0 radical (unpaired) electrons. The van der Waals surface area contributed by atoms with Crippen molar-refractivity contribution in [3.63, 3.8) is 0 Å². The second-order valence-electron chi connectivity index (χ2n) is 3.76. The molecule has 0 aliphatic rings. The third kappa shape index (κ3) is 2.63. The molecular formula is C11H12BrN3O2. The fourth-order valence-corrected chi connectivity index (χ4v) is 2.10. The summed E-state index contributed by atoms with van der Waals surface area (Å²) in [5.41, 5.74) is 0.938. The predicted molar refractivity (Wildman–Crippen MR) is 69.4 cm³/mol. The van der Waals surface area contributed by atoms with Crippen LogP contribution in [0.3, 0.4) is 0 Å². The maximum Gasteiger partial charge on any atom is 0.271 e. The first-order valence-corrected chi connectivity index (χ1v) is 6.50. The van der Waals surface area contributed by atoms with Crippen LogP contribution < -0.4 is 0 Å². The van der Waals surface area contributed by atoms with Crippen LogP contribution >= 0.6 is 15.9 Å². The number of aryl methyl sites for hydroxylation is 1. The second-order valence-corrected chi connectivity index (χ2v) is 4.56. The molecule has 0 aliphatic carbocycles. The van der Waals surface area contributed by atoms with Crippen molar-refractivity contribution in [2.45, 2.75) is 19.4 Å². The molecule has 0 atom stereocenters. The van der Waals surface area contributed by atoms with Gasteiger partial charge in [0.05, 0.1) is 16.6 Å². The molecule has 2 aromatic rings. The average Bonchev–Trinajstić information content (AvgIpc) is 2.72. The summed E-state index contributed by atoms with van der Waals surface area (Å²) < 4.78 is 1.82. The van der Waals surface area contributed by atoms with Gasteiger partial charge in [0.15, 0.2) is 0 Å². The number of halogens is 1. The Labute approximate surface area is 107 Å². The quantitative estimate of drug-likeness (QED) is 0.369. The van der Waals surface area contributed by atoms with Gasteiger partial charge in [-0.3, -0.25) is 14.8 Å². The topological polar surface area (TPSA) is 61.0 Å². The van der Waals surface area contributed by atoms with E-state index < -0.39 is 0 Å². The molecule has 0 spiro atoms. The minimum absolute atomic E-state index is 0.111. The van der Waals surface area contributed by atoms with E-state index in [0.29, 0.717) is 0 Å². The SMILES string of the molecule is O=[N+]([O-])c1ccc2cnn(CCCCBr)c2c1. The van der Waals surface area contributed by atoms with Crippen molar-refractivity contribution in [1.29, 1.82) is 0 Å². The van der Waals surface area contributed by atoms with Crippen molar-refractivity contribution in [1.82, 2.24) is 9.78 Å². The third-order valence-corrected chi connectivity index (χ3v) is 3.15. The molecule has 0 unspecified atom stereocenters. The minimum Gasteiger partial charge on any atom is -0.265 e. The predicted octanol–water partition coefficient (Wildman–Crippen LogP) is 3.12. The highest BCUT2D eigenvalue weighted by Crippen LogP contribution is 2.20. The summed E-state index contributed by atoms with van der Waals surface area (Å²) >= 11 is 3.38. The molecule has 5 nitrogen and oxygen atoms in total. The number of rotatable bonds is 5. The molecule has 0 fully saturated rings. The van der Waals surface area contributed by atoms with Gasteiger partial charge in [-0.2, -0.15) is 5.10 Å². The summed E-state index contributed by atoms with van der Waals surface area (Å²) in [6, 6.07) is 4.82. The van der Waals surface area contributed by atoms with Gasteiger partial charge < -0.3 is 0 Å². The summed E-state index contributed by atoms with van der Waals surface area (Å²) in [5.74, 6) is 0. The van der Waals surface area contributed by atoms with Crippen LogP contribution in [0.1, 0.15) is 12.8 Å². The Morgan fingerprint density at radius 3 is 2.94 bits per heavy atom. The van der Waals surface area contributed by atoms with Gasteiger partial charge in [0.25, 0.3) is 5.69 Å². The lowest BCUT2D eigenvalue weighted by molar-refractivity contribution is -0.384. The maximum absolute atomic E-state index is 10.7. The number of hydrogen-bond donors (Lipinski definition) is 0. The number of nitro groups is 1. The Morgan fingerprint density at radius 1 is 1.41 bits per heavy atom. The van der Waals surface area contributed by atoms with E-state index in [1.807, 2.05) is 4.68 Å². The normalized spacial score (nSPS) is 10.9. The van der Waals surface area contributed by atoms with Crippen molar-refractivity contribution in [3.8, 4) is 0 Å². The highest BCUT2D eigenvalue weighted by Gasteiger charge is 2.09. The first-order valence-electron chi connectivity index (χ1n) is 5.38. The minimum atomic E-state index is -0.380. The molecule has 0 amide bonds. The summed E-state index contributed by atoms with van der Waals surface area (Å²) in [6.07, 6.45) is 3.81. The number of fused-ring (bicyclic) bond motifs is 1. The molecule has 0 N–H and O–H groups in total. The van der Waals surface area contributed by atoms with E-state index in [-0.39, 0.29) is 10.6 Å². The summed E-state index contributed by atoms with van der Waals surface area (Å²) in [4.78, 5) is 10.3. The van der Waals surface area contributed by atoms with Crippen LogP contribution in [0.15, 0.2) is 24.4 Å². The first kappa shape index (κ1) is 12.0. The average molecular weight is 298 g/mol. The Kier molecular flexibility index (Phi) is 3.73. The highest BCUT2D eigenvalue weighted by atomic mass is 79.9. The fraction of sp³-hybridized carbons (Fsp3) is 0.364. The molecule has 1 aromatic heterocycles. The van der Waals surface area contributed by atoms with E-state index >= 15 is 0 Å². The standard InChI is InChI=1S/C11H12BrN3O2/c12-5-1-2-6-14-11-7-10(15(16)17)4-3-9(11)8-13-14/h3-4,7-8H,1-2,5-6H2. The largest absolute Gasteiger partial charge is 0.271 e. The molecule has 6 heteroatoms. The molecule has 0 saturated heterocycles. The molecule has 90 valence electrons. The zero-order valence-corrected chi connectivity index (χ0v) is 10.8. The van der Waals surface area contributed by atoms with Crippen molar-refractivity contribution in [2.75, 3.05) is 5.33 Å². The Balaban J connectivity index is 2.30. The molecule has 0 aliphatic heterocycles. The van der Waals surface area contributed by atoms with Gasteiger partial charge in [-0.1, -0.05) is 15.9 Å². The number of alkyl halides is 1. The summed E-state index contributed by atoms with van der Waals surface area (Å²) in [6.45, 7) is 0.788. The van der Waals surface area contributed by atoms with E-state index in [4.69, 9.17) is 0 Å². The molecule has 17 heavy (non-hydrogen) atoms. The number of unbranched alkanes of at least 4 members (excludes halogenated alkanes) is 1. The van der Waals surface area contributed by atoms with Crippen molar-refractivity contribution < 1.29 is 4.92 Å². The number of nitro benzene ring substituents is 1. The van der Waals surface area contributed by atoms with Crippen LogP contribution in [0.5, 0.6) is 0 Å². The lowest BCUT2D eigenvalue weighted by Crippen LogP contribution is -2.00. The van der Waals surface area contributed by atoms with E-state index in [1.54, 1.807) is 18.3 Å². The van der Waals surface area contributed by atoms with Crippen LogP contribution in [-0.2, 0) is 6.54 Å². The van der Waals surface area contributed by atoms with Crippen molar-refractivity contribution in [2.24, 2.45) is 0 Å². The highest BCUT2D eigenvalue weighted by molar-refractivity contribution is 9.09. The second kappa shape index (κ2) is 5.27. The molecule has 2 rings (SSSR count). The fourth-order valence-electron chi connectivity index (χ4n) is 1.71. The number of aromatic nitrogens is 2. The van der Waals surface area contributed by atoms with E-state index in [2.05, 4.69) is 21.0 Å². The van der Waals surface area contributed by atoms with Gasteiger partial charge in [-0.25, -0.2) is 0 Å². The van der Waals surface area contributed by atoms with Gasteiger partial charge in [0.1, 0.15) is 0 Å².